The highest BCUT2D eigenvalue weighted by molar-refractivity contribution is 5.85. The first-order valence-electron chi connectivity index (χ1n) is 1.52. The van der Waals surface area contributed by atoms with Gasteiger partial charge in [-0.1, -0.05) is 13.0 Å². The summed E-state index contributed by atoms with van der Waals surface area (Å²) in [5, 5.41) is 0. The first-order valence-corrected chi connectivity index (χ1v) is 1.52. The Morgan fingerprint density at radius 1 is 1.50 bits per heavy atom. The van der Waals surface area contributed by atoms with Crippen LogP contribution in [0.2, 0.25) is 0 Å². The van der Waals surface area contributed by atoms with Crippen molar-refractivity contribution in [3.63, 3.8) is 0 Å². The van der Waals surface area contributed by atoms with Gasteiger partial charge in [0, 0.05) is 0 Å². The Balaban J connectivity index is -0.0000000450. The second kappa shape index (κ2) is 18.4. The zero-order valence-corrected chi connectivity index (χ0v) is 5.44. The van der Waals surface area contributed by atoms with Crippen molar-refractivity contribution in [2.45, 2.75) is 13.3 Å². The molecule has 0 aliphatic rings. The van der Waals surface area contributed by atoms with Crippen LogP contribution in [0.1, 0.15) is 13.3 Å². The Labute approximate surface area is 51.5 Å². The summed E-state index contributed by atoms with van der Waals surface area (Å²) in [5.41, 5.74) is 0. The maximum Gasteiger partial charge on any atom is -0.0382 e. The van der Waals surface area contributed by atoms with Crippen molar-refractivity contribution in [2.75, 3.05) is 0 Å². The summed E-state index contributed by atoms with van der Waals surface area (Å²) >= 11 is 0. The Hall–Kier alpha value is 0.320. The minimum atomic E-state index is 0. The highest BCUT2D eigenvalue weighted by Gasteiger charge is 1.45. The molecule has 0 aromatic carbocycles. The van der Waals surface area contributed by atoms with E-state index in [2.05, 4.69) is 13.5 Å². The fourth-order valence-electron chi connectivity index (χ4n) is 0. The van der Waals surface area contributed by atoms with Crippen LogP contribution >= 0.6 is 24.8 Å². The molecular weight excluding hydrogens is 119 g/mol. The molecule has 0 amide bonds. The van der Waals surface area contributed by atoms with E-state index in [0.717, 1.165) is 6.42 Å². The van der Waals surface area contributed by atoms with Crippen molar-refractivity contribution in [2.24, 2.45) is 0 Å². The van der Waals surface area contributed by atoms with Crippen LogP contribution in [-0.4, -0.2) is 0 Å². The average molecular weight is 129 g/mol. The van der Waals surface area contributed by atoms with Crippen LogP contribution in [0.25, 0.3) is 0 Å². The highest BCUT2D eigenvalue weighted by Crippen LogP contribution is 1.66. The van der Waals surface area contributed by atoms with Gasteiger partial charge in [-0.05, 0) is 6.42 Å². The molecule has 6 heavy (non-hydrogen) atoms. The van der Waals surface area contributed by atoms with Crippen molar-refractivity contribution in [3.05, 3.63) is 12.7 Å². The van der Waals surface area contributed by atoms with E-state index >= 15 is 0 Å². The summed E-state index contributed by atoms with van der Waals surface area (Å²) in [6.45, 7) is 5.54. The Morgan fingerprint density at radius 2 is 1.67 bits per heavy atom. The van der Waals surface area contributed by atoms with Crippen LogP contribution in [0.4, 0.5) is 0 Å². The van der Waals surface area contributed by atoms with Crippen LogP contribution in [0.3, 0.4) is 0 Å². The van der Waals surface area contributed by atoms with Gasteiger partial charge in [-0.15, -0.1) is 31.4 Å². The van der Waals surface area contributed by atoms with Crippen LogP contribution in [-0.2, 0) is 0 Å². The van der Waals surface area contributed by atoms with Crippen molar-refractivity contribution in [1.29, 1.82) is 0 Å². The smallest absolute Gasteiger partial charge is 0.0382 e. The van der Waals surface area contributed by atoms with Crippen molar-refractivity contribution in [1.82, 2.24) is 0 Å². The molecule has 0 atom stereocenters. The van der Waals surface area contributed by atoms with E-state index in [4.69, 9.17) is 0 Å². The lowest BCUT2D eigenvalue weighted by Crippen LogP contribution is -1.36. The van der Waals surface area contributed by atoms with Gasteiger partial charge in [-0.3, -0.25) is 0 Å². The van der Waals surface area contributed by atoms with Crippen molar-refractivity contribution >= 4 is 24.8 Å². The fraction of sp³-hybridized carbons (Fsp3) is 0.500. The third-order valence-corrected chi connectivity index (χ3v) is 0.289. The predicted octanol–water partition coefficient (Wildman–Crippen LogP) is 2.43. The third kappa shape index (κ3) is 27.3. The molecule has 0 saturated heterocycles. The molecule has 0 nitrogen and oxygen atoms in total. The topological polar surface area (TPSA) is 0 Å². The maximum atomic E-state index is 3.48. The molecule has 0 N–H and O–H groups in total. The molecule has 0 saturated carbocycles. The summed E-state index contributed by atoms with van der Waals surface area (Å²) in [5.74, 6) is 0. The first-order chi connectivity index (χ1) is 1.91. The number of hydrogen-bond acceptors (Lipinski definition) is 0. The zero-order chi connectivity index (χ0) is 3.41. The molecule has 0 heterocycles. The molecule has 0 unspecified atom stereocenters. The number of rotatable bonds is 1. The van der Waals surface area contributed by atoms with E-state index in [1.165, 1.54) is 0 Å². The third-order valence-electron chi connectivity index (χ3n) is 0.289. The Kier molecular flexibility index (Phi) is 49.9. The van der Waals surface area contributed by atoms with Crippen LogP contribution in [0.15, 0.2) is 12.7 Å². The quantitative estimate of drug-likeness (QED) is 0.477. The van der Waals surface area contributed by atoms with E-state index in [0.29, 0.717) is 0 Å². The lowest BCUT2D eigenvalue weighted by molar-refractivity contribution is 1.23. The van der Waals surface area contributed by atoms with Crippen LogP contribution in [0.5, 0.6) is 0 Å². The molecule has 0 rings (SSSR count). The van der Waals surface area contributed by atoms with Gasteiger partial charge >= 0.3 is 0 Å². The van der Waals surface area contributed by atoms with Gasteiger partial charge in [0.2, 0.25) is 0 Å². The van der Waals surface area contributed by atoms with E-state index < -0.39 is 0 Å². The monoisotopic (exact) mass is 128 g/mol. The molecule has 0 aromatic rings. The normalized spacial score (nSPS) is 4.17. The van der Waals surface area contributed by atoms with E-state index in [1.54, 1.807) is 0 Å². The predicted molar refractivity (Wildman–Crippen MR) is 35.0 cm³/mol. The minimum absolute atomic E-state index is 0. The molecule has 40 valence electrons. The van der Waals surface area contributed by atoms with Crippen LogP contribution in [0, 0.1) is 0 Å². The van der Waals surface area contributed by atoms with Crippen molar-refractivity contribution in [3.8, 4) is 0 Å². The molecule has 0 spiro atoms. The number of hydrogen-bond donors (Lipinski definition) is 0. The van der Waals surface area contributed by atoms with Gasteiger partial charge in [-0.25, -0.2) is 0 Å². The molecule has 0 aliphatic carbocycles. The van der Waals surface area contributed by atoms with Crippen LogP contribution < -0.4 is 0 Å². The fourth-order valence-corrected chi connectivity index (χ4v) is 0. The lowest BCUT2D eigenvalue weighted by atomic mass is 10.5. The Bertz CT molecular complexity index is 19.5. The highest BCUT2D eigenvalue weighted by atomic mass is 35.5. The van der Waals surface area contributed by atoms with E-state index in [1.807, 2.05) is 6.08 Å². The lowest BCUT2D eigenvalue weighted by Gasteiger charge is -1.57. The van der Waals surface area contributed by atoms with Gasteiger partial charge < -0.3 is 0 Å². The molecule has 0 fully saturated rings. The summed E-state index contributed by atoms with van der Waals surface area (Å²) in [7, 11) is 0. The molecule has 0 aliphatic heterocycles. The number of halogens is 2. The summed E-state index contributed by atoms with van der Waals surface area (Å²) in [4.78, 5) is 0. The SMILES string of the molecule is C=CCC.Cl.Cl. The summed E-state index contributed by atoms with van der Waals surface area (Å²) < 4.78 is 0. The molecule has 2 heteroatoms. The second-order valence-corrected chi connectivity index (χ2v) is 0.697. The minimum Gasteiger partial charge on any atom is -0.147 e. The number of allylic oxidation sites excluding steroid dienone is 1. The van der Waals surface area contributed by atoms with Gasteiger partial charge in [0.15, 0.2) is 0 Å². The van der Waals surface area contributed by atoms with Gasteiger partial charge in [0.05, 0.1) is 0 Å². The maximum absolute atomic E-state index is 3.48. The first kappa shape index (κ1) is 16.2. The van der Waals surface area contributed by atoms with Crippen molar-refractivity contribution < 1.29 is 0 Å². The standard InChI is InChI=1S/C4H8.2ClH/c1-3-4-2;;/h3H,1,4H2,2H3;2*1H. The molecule has 0 bridgehead atoms. The molecule has 0 radical (unpaired) electrons. The Morgan fingerprint density at radius 3 is 1.67 bits per heavy atom. The van der Waals surface area contributed by atoms with E-state index in [9.17, 15) is 0 Å². The van der Waals surface area contributed by atoms with Gasteiger partial charge in [-0.2, -0.15) is 0 Å². The summed E-state index contributed by atoms with van der Waals surface area (Å²) in [6.07, 6.45) is 2.96. The zero-order valence-electron chi connectivity index (χ0n) is 3.81. The molecular formula is C4H10Cl2. The van der Waals surface area contributed by atoms with Gasteiger partial charge in [0.1, 0.15) is 0 Å². The van der Waals surface area contributed by atoms with Gasteiger partial charge in [0.25, 0.3) is 0 Å². The second-order valence-electron chi connectivity index (χ2n) is 0.697. The molecule has 0 aromatic heterocycles. The average Bonchev–Trinajstić information content (AvgIpc) is 1.37. The largest absolute Gasteiger partial charge is 0.147 e. The summed E-state index contributed by atoms with van der Waals surface area (Å²) in [6, 6.07) is 0. The van der Waals surface area contributed by atoms with E-state index in [-0.39, 0.29) is 24.8 Å².